The molecule has 0 spiro atoms. The molecule has 35 heavy (non-hydrogen) atoms. The zero-order valence-electron chi connectivity index (χ0n) is 20.4. The summed E-state index contributed by atoms with van der Waals surface area (Å²) in [4.78, 5) is 12.9. The topological polar surface area (TPSA) is 120 Å². The van der Waals surface area contributed by atoms with E-state index < -0.39 is 11.2 Å². The molecule has 7 heteroatoms. The molecule has 190 valence electrons. The minimum Gasteiger partial charge on any atom is -0.508 e. The van der Waals surface area contributed by atoms with Crippen LogP contribution in [-0.4, -0.2) is 34.1 Å². The van der Waals surface area contributed by atoms with Crippen molar-refractivity contribution in [2.24, 2.45) is 0 Å². The Kier molecular flexibility index (Phi) is 9.85. The number of benzene rings is 2. The molecule has 0 saturated heterocycles. The lowest BCUT2D eigenvalue weighted by Gasteiger charge is -2.11. The summed E-state index contributed by atoms with van der Waals surface area (Å²) in [5.41, 5.74) is 0.626. The second-order valence-corrected chi connectivity index (χ2v) is 8.98. The van der Waals surface area contributed by atoms with Crippen LogP contribution in [0.1, 0.15) is 69.8 Å². The van der Waals surface area contributed by atoms with E-state index in [0.29, 0.717) is 17.5 Å². The van der Waals surface area contributed by atoms with Gasteiger partial charge < -0.3 is 29.6 Å². The van der Waals surface area contributed by atoms with Crippen molar-refractivity contribution in [3.63, 3.8) is 0 Å². The van der Waals surface area contributed by atoms with Gasteiger partial charge >= 0.3 is 0 Å². The van der Waals surface area contributed by atoms with Crippen molar-refractivity contribution in [3.8, 4) is 34.3 Å². The molecule has 0 fully saturated rings. The fourth-order valence-corrected chi connectivity index (χ4v) is 4.32. The standard InChI is InChI=1S/C28H36O7/c1-34-25-17-20(13-14-22(25)30)28-27(33)26(32)21-16-19(23(31)18-24(21)35-28)12-10-8-6-4-2-3-5-7-9-11-15-29/h13-14,16-18,29-31,33H,2-12,15H2,1H3. The number of ether oxygens (including phenoxy) is 1. The van der Waals surface area contributed by atoms with E-state index in [1.807, 2.05) is 0 Å². The van der Waals surface area contributed by atoms with Gasteiger partial charge in [0.05, 0.1) is 12.5 Å². The number of hydrogen-bond acceptors (Lipinski definition) is 7. The Bertz CT molecular complexity index is 1170. The van der Waals surface area contributed by atoms with Gasteiger partial charge in [-0.25, -0.2) is 0 Å². The Morgan fingerprint density at radius 2 is 1.43 bits per heavy atom. The first-order chi connectivity index (χ1) is 17.0. The number of unbranched alkanes of at least 4 members (excludes halogenated alkanes) is 9. The molecule has 1 aromatic heterocycles. The van der Waals surface area contributed by atoms with E-state index >= 15 is 0 Å². The minimum atomic E-state index is -0.575. The fourth-order valence-electron chi connectivity index (χ4n) is 4.32. The van der Waals surface area contributed by atoms with Crippen LogP contribution in [-0.2, 0) is 6.42 Å². The number of phenols is 2. The molecule has 0 bridgehead atoms. The van der Waals surface area contributed by atoms with Crippen LogP contribution in [0.3, 0.4) is 0 Å². The van der Waals surface area contributed by atoms with Gasteiger partial charge in [0.25, 0.3) is 0 Å². The number of aryl methyl sites for hydroxylation is 1. The zero-order chi connectivity index (χ0) is 25.2. The summed E-state index contributed by atoms with van der Waals surface area (Å²) in [7, 11) is 1.40. The molecule has 0 atom stereocenters. The lowest BCUT2D eigenvalue weighted by molar-refractivity contribution is 0.282. The van der Waals surface area contributed by atoms with E-state index in [9.17, 15) is 20.1 Å². The van der Waals surface area contributed by atoms with Crippen molar-refractivity contribution < 1.29 is 29.6 Å². The van der Waals surface area contributed by atoms with Gasteiger partial charge in [0.2, 0.25) is 11.2 Å². The Labute approximate surface area is 205 Å². The van der Waals surface area contributed by atoms with Crippen molar-refractivity contribution in [1.82, 2.24) is 0 Å². The summed E-state index contributed by atoms with van der Waals surface area (Å²) in [5, 5.41) is 39.9. The first-order valence-electron chi connectivity index (χ1n) is 12.5. The summed E-state index contributed by atoms with van der Waals surface area (Å²) >= 11 is 0. The van der Waals surface area contributed by atoms with Gasteiger partial charge in [0.15, 0.2) is 17.3 Å². The number of aromatic hydroxyl groups is 3. The van der Waals surface area contributed by atoms with Crippen molar-refractivity contribution in [3.05, 3.63) is 46.1 Å². The smallest absolute Gasteiger partial charge is 0.235 e. The molecular weight excluding hydrogens is 448 g/mol. The largest absolute Gasteiger partial charge is 0.508 e. The minimum absolute atomic E-state index is 0.0543. The average molecular weight is 485 g/mol. The third-order valence-corrected chi connectivity index (χ3v) is 6.36. The predicted octanol–water partition coefficient (Wildman–Crippen LogP) is 6.02. The highest BCUT2D eigenvalue weighted by Crippen LogP contribution is 2.37. The number of fused-ring (bicyclic) bond motifs is 1. The van der Waals surface area contributed by atoms with E-state index in [2.05, 4.69) is 0 Å². The quantitative estimate of drug-likeness (QED) is 0.206. The lowest BCUT2D eigenvalue weighted by atomic mass is 10.0. The molecule has 3 rings (SSSR count). The molecule has 4 N–H and O–H groups in total. The van der Waals surface area contributed by atoms with Gasteiger partial charge in [0.1, 0.15) is 11.3 Å². The number of aliphatic hydroxyl groups is 1. The van der Waals surface area contributed by atoms with Crippen LogP contribution < -0.4 is 10.2 Å². The Morgan fingerprint density at radius 1 is 0.800 bits per heavy atom. The van der Waals surface area contributed by atoms with Gasteiger partial charge in [0, 0.05) is 18.2 Å². The Balaban J connectivity index is 1.61. The number of hydrogen-bond donors (Lipinski definition) is 4. The average Bonchev–Trinajstić information content (AvgIpc) is 2.85. The van der Waals surface area contributed by atoms with E-state index in [1.54, 1.807) is 6.07 Å². The molecule has 1 heterocycles. The number of rotatable bonds is 14. The molecule has 0 aliphatic heterocycles. The highest BCUT2D eigenvalue weighted by Gasteiger charge is 2.18. The number of aliphatic hydroxyl groups excluding tert-OH is 1. The van der Waals surface area contributed by atoms with Crippen LogP contribution in [0.2, 0.25) is 0 Å². The number of methoxy groups -OCH3 is 1. The molecule has 7 nitrogen and oxygen atoms in total. The summed E-state index contributed by atoms with van der Waals surface area (Å²) in [6.45, 7) is 0.287. The highest BCUT2D eigenvalue weighted by molar-refractivity contribution is 5.84. The molecule has 0 amide bonds. The number of phenolic OH excluding ortho intramolecular Hbond substituents is 2. The fraction of sp³-hybridized carbons (Fsp3) is 0.464. The van der Waals surface area contributed by atoms with Crippen LogP contribution in [0, 0.1) is 0 Å². The Morgan fingerprint density at radius 3 is 2.06 bits per heavy atom. The van der Waals surface area contributed by atoms with E-state index in [1.165, 1.54) is 63.5 Å². The van der Waals surface area contributed by atoms with Gasteiger partial charge in [-0.15, -0.1) is 0 Å². The first-order valence-corrected chi connectivity index (χ1v) is 12.5. The van der Waals surface area contributed by atoms with Crippen molar-refractivity contribution in [2.75, 3.05) is 13.7 Å². The van der Waals surface area contributed by atoms with Crippen molar-refractivity contribution in [1.29, 1.82) is 0 Å². The molecule has 0 aliphatic carbocycles. The SMILES string of the molecule is COc1cc(-c2oc3cc(O)c(CCCCCCCCCCCCO)cc3c(=O)c2O)ccc1O. The summed E-state index contributed by atoms with van der Waals surface area (Å²) in [5.74, 6) is -0.417. The molecule has 2 aromatic carbocycles. The van der Waals surface area contributed by atoms with Gasteiger partial charge in [-0.2, -0.15) is 0 Å². The Hall–Kier alpha value is -3.19. The molecule has 0 saturated carbocycles. The third-order valence-electron chi connectivity index (χ3n) is 6.36. The van der Waals surface area contributed by atoms with Crippen molar-refractivity contribution in [2.45, 2.75) is 70.6 Å². The first kappa shape index (κ1) is 26.4. The zero-order valence-corrected chi connectivity index (χ0v) is 20.4. The van der Waals surface area contributed by atoms with E-state index in [4.69, 9.17) is 14.3 Å². The van der Waals surface area contributed by atoms with E-state index in [0.717, 1.165) is 32.1 Å². The van der Waals surface area contributed by atoms with Crippen LogP contribution in [0.25, 0.3) is 22.3 Å². The lowest BCUT2D eigenvalue weighted by Crippen LogP contribution is -2.04. The van der Waals surface area contributed by atoms with Crippen LogP contribution >= 0.6 is 0 Å². The summed E-state index contributed by atoms with van der Waals surface area (Å²) in [6, 6.07) is 7.38. The van der Waals surface area contributed by atoms with Gasteiger partial charge in [-0.05, 0) is 49.1 Å². The summed E-state index contributed by atoms with van der Waals surface area (Å²) < 4.78 is 10.9. The van der Waals surface area contributed by atoms with Crippen LogP contribution in [0.4, 0.5) is 0 Å². The molecule has 3 aromatic rings. The van der Waals surface area contributed by atoms with Crippen molar-refractivity contribution >= 4 is 11.0 Å². The maximum Gasteiger partial charge on any atom is 0.235 e. The van der Waals surface area contributed by atoms with Gasteiger partial charge in [-0.1, -0.05) is 51.4 Å². The maximum absolute atomic E-state index is 12.9. The maximum atomic E-state index is 12.9. The molecule has 0 aliphatic rings. The predicted molar refractivity (Wildman–Crippen MR) is 136 cm³/mol. The van der Waals surface area contributed by atoms with Crippen LogP contribution in [0.5, 0.6) is 23.0 Å². The second kappa shape index (κ2) is 13.0. The monoisotopic (exact) mass is 484 g/mol. The normalized spacial score (nSPS) is 11.3. The molecular formula is C28H36O7. The summed E-state index contributed by atoms with van der Waals surface area (Å²) in [6.07, 6.45) is 11.8. The van der Waals surface area contributed by atoms with Crippen LogP contribution in [0.15, 0.2) is 39.5 Å². The molecule has 0 radical (unpaired) electrons. The van der Waals surface area contributed by atoms with Gasteiger partial charge in [-0.3, -0.25) is 4.79 Å². The second-order valence-electron chi connectivity index (χ2n) is 8.98. The van der Waals surface area contributed by atoms with E-state index in [-0.39, 0.29) is 40.6 Å². The third kappa shape index (κ3) is 6.92. The highest BCUT2D eigenvalue weighted by atomic mass is 16.5. The molecule has 0 unspecified atom stereocenters.